The molecule has 6 nitrogen and oxygen atoms in total. The van der Waals surface area contributed by atoms with Crippen LogP contribution in [0.25, 0.3) is 0 Å². The van der Waals surface area contributed by atoms with Gasteiger partial charge in [0.05, 0.1) is 12.2 Å². The second kappa shape index (κ2) is 8.00. The zero-order chi connectivity index (χ0) is 20.2. The number of nitrogens with zero attached hydrogens (tertiary/aromatic N) is 1. The Bertz CT molecular complexity index is 898. The first-order valence-electron chi connectivity index (χ1n) is 8.63. The number of hydrogen-bond donors (Lipinski definition) is 1. The Morgan fingerprint density at radius 2 is 1.81 bits per heavy atom. The van der Waals surface area contributed by atoms with Crippen molar-refractivity contribution < 1.29 is 19.0 Å². The van der Waals surface area contributed by atoms with Gasteiger partial charge in [-0.1, -0.05) is 0 Å². The number of nitriles is 1. The summed E-state index contributed by atoms with van der Waals surface area (Å²) >= 11 is 0. The van der Waals surface area contributed by atoms with Gasteiger partial charge in [0, 0.05) is 11.8 Å². The molecular weight excluding hydrogens is 344 g/mol. The highest BCUT2D eigenvalue weighted by Crippen LogP contribution is 2.32. The maximum absolute atomic E-state index is 12.0. The summed E-state index contributed by atoms with van der Waals surface area (Å²) in [5.74, 6) is 1.28. The van der Waals surface area contributed by atoms with Gasteiger partial charge in [-0.15, -0.1) is 0 Å². The third-order valence-electron chi connectivity index (χ3n) is 3.97. The van der Waals surface area contributed by atoms with E-state index in [1.54, 1.807) is 51.1 Å². The summed E-state index contributed by atoms with van der Waals surface area (Å²) in [6.45, 7) is 9.09. The maximum Gasteiger partial charge on any atom is 0.349 e. The molecule has 2 N–H and O–H groups in total. The Labute approximate surface area is 159 Å². The quantitative estimate of drug-likeness (QED) is 0.604. The first-order valence-corrected chi connectivity index (χ1v) is 8.63. The Hall–Kier alpha value is -3.20. The minimum absolute atomic E-state index is 0.295. The van der Waals surface area contributed by atoms with Crippen LogP contribution in [0.5, 0.6) is 17.2 Å². The smallest absolute Gasteiger partial charge is 0.349 e. The van der Waals surface area contributed by atoms with Gasteiger partial charge in [-0.3, -0.25) is 0 Å². The van der Waals surface area contributed by atoms with Crippen molar-refractivity contribution in [3.8, 4) is 23.3 Å². The number of rotatable bonds is 6. The molecule has 0 aromatic heterocycles. The average molecular weight is 368 g/mol. The number of nitrogens with two attached hydrogens (primary N) is 1. The van der Waals surface area contributed by atoms with Crippen LogP contribution in [0, 0.1) is 25.2 Å². The molecule has 0 aliphatic rings. The van der Waals surface area contributed by atoms with Crippen LogP contribution in [-0.2, 0) is 9.53 Å². The van der Waals surface area contributed by atoms with E-state index >= 15 is 0 Å². The third-order valence-corrected chi connectivity index (χ3v) is 3.97. The van der Waals surface area contributed by atoms with Crippen LogP contribution < -0.4 is 15.2 Å². The Morgan fingerprint density at radius 3 is 2.41 bits per heavy atom. The molecule has 0 bridgehead atoms. The zero-order valence-electron chi connectivity index (χ0n) is 16.3. The lowest BCUT2D eigenvalue weighted by molar-refractivity contribution is -0.158. The monoisotopic (exact) mass is 368 g/mol. The van der Waals surface area contributed by atoms with E-state index in [0.29, 0.717) is 35.1 Å². The number of hydrogen-bond acceptors (Lipinski definition) is 6. The van der Waals surface area contributed by atoms with E-state index in [4.69, 9.17) is 25.2 Å². The number of esters is 1. The second-order valence-corrected chi connectivity index (χ2v) is 6.68. The molecule has 0 amide bonds. The van der Waals surface area contributed by atoms with Gasteiger partial charge in [-0.25, -0.2) is 4.79 Å². The van der Waals surface area contributed by atoms with Gasteiger partial charge in [0.15, 0.2) is 5.60 Å². The van der Waals surface area contributed by atoms with E-state index in [1.807, 2.05) is 19.9 Å². The molecular formula is C21H24N2O4. The molecule has 27 heavy (non-hydrogen) atoms. The first-order chi connectivity index (χ1) is 12.7. The second-order valence-electron chi connectivity index (χ2n) is 6.68. The molecule has 0 saturated carbocycles. The van der Waals surface area contributed by atoms with Crippen molar-refractivity contribution in [2.24, 2.45) is 0 Å². The van der Waals surface area contributed by atoms with E-state index in [9.17, 15) is 4.79 Å². The van der Waals surface area contributed by atoms with Crippen LogP contribution in [0.2, 0.25) is 0 Å². The fourth-order valence-corrected chi connectivity index (χ4v) is 2.47. The Morgan fingerprint density at radius 1 is 1.15 bits per heavy atom. The Balaban J connectivity index is 2.23. The molecule has 0 fully saturated rings. The molecule has 0 unspecified atom stereocenters. The molecule has 6 heteroatoms. The summed E-state index contributed by atoms with van der Waals surface area (Å²) < 4.78 is 16.8. The molecule has 0 heterocycles. The van der Waals surface area contributed by atoms with Crippen molar-refractivity contribution >= 4 is 11.7 Å². The normalized spacial score (nSPS) is 10.8. The van der Waals surface area contributed by atoms with E-state index in [2.05, 4.69) is 0 Å². The van der Waals surface area contributed by atoms with Crippen molar-refractivity contribution in [3.05, 3.63) is 47.0 Å². The van der Waals surface area contributed by atoms with E-state index < -0.39 is 11.6 Å². The number of ether oxygens (including phenoxy) is 3. The molecule has 0 aliphatic carbocycles. The van der Waals surface area contributed by atoms with E-state index in [1.165, 1.54) is 0 Å². The maximum atomic E-state index is 12.0. The van der Waals surface area contributed by atoms with Crippen LogP contribution in [0.4, 0.5) is 5.69 Å². The predicted octanol–water partition coefficient (Wildman–Crippen LogP) is 4.27. The molecule has 0 atom stereocenters. The van der Waals surface area contributed by atoms with Gasteiger partial charge in [0.1, 0.15) is 23.3 Å². The van der Waals surface area contributed by atoms with Crippen LogP contribution >= 0.6 is 0 Å². The largest absolute Gasteiger partial charge is 0.476 e. The number of carbonyl (C=O) groups is 1. The molecule has 2 aromatic carbocycles. The average Bonchev–Trinajstić information content (AvgIpc) is 2.59. The van der Waals surface area contributed by atoms with Crippen LogP contribution in [0.15, 0.2) is 30.3 Å². The summed E-state index contributed by atoms with van der Waals surface area (Å²) in [5.41, 5.74) is 7.13. The topological polar surface area (TPSA) is 94.6 Å². The van der Waals surface area contributed by atoms with Gasteiger partial charge >= 0.3 is 5.97 Å². The van der Waals surface area contributed by atoms with Crippen molar-refractivity contribution in [1.82, 2.24) is 0 Å². The zero-order valence-corrected chi connectivity index (χ0v) is 16.3. The van der Waals surface area contributed by atoms with Crippen molar-refractivity contribution in [1.29, 1.82) is 5.26 Å². The highest BCUT2D eigenvalue weighted by molar-refractivity contribution is 5.79. The lowest BCUT2D eigenvalue weighted by Gasteiger charge is -2.25. The minimum Gasteiger partial charge on any atom is -0.476 e. The van der Waals surface area contributed by atoms with Crippen LogP contribution in [0.1, 0.15) is 37.5 Å². The predicted molar refractivity (Wildman–Crippen MR) is 103 cm³/mol. The number of carbonyl (C=O) groups excluding carboxylic acids is 1. The Kier molecular flexibility index (Phi) is 5.96. The fraction of sp³-hybridized carbons (Fsp3) is 0.333. The van der Waals surface area contributed by atoms with E-state index in [0.717, 1.165) is 11.1 Å². The SMILES string of the molecule is CCOC(=O)C(C)(C)Oc1ccc(Oc2cc(C#N)c(N)cc2C)cc1C. The summed E-state index contributed by atoms with van der Waals surface area (Å²) in [6.07, 6.45) is 0. The fourth-order valence-electron chi connectivity index (χ4n) is 2.47. The molecule has 0 radical (unpaired) electrons. The number of aryl methyl sites for hydroxylation is 2. The van der Waals surface area contributed by atoms with Gasteiger partial charge in [-0.05, 0) is 70.0 Å². The van der Waals surface area contributed by atoms with Crippen molar-refractivity contribution in [3.63, 3.8) is 0 Å². The number of benzene rings is 2. The van der Waals surface area contributed by atoms with Crippen molar-refractivity contribution in [2.45, 2.75) is 40.2 Å². The third kappa shape index (κ3) is 4.70. The highest BCUT2D eigenvalue weighted by atomic mass is 16.6. The lowest BCUT2D eigenvalue weighted by Crippen LogP contribution is -2.39. The van der Waals surface area contributed by atoms with Crippen LogP contribution in [0.3, 0.4) is 0 Å². The summed E-state index contributed by atoms with van der Waals surface area (Å²) in [6, 6.07) is 10.7. The molecule has 2 rings (SSSR count). The minimum atomic E-state index is -1.10. The molecule has 142 valence electrons. The molecule has 0 saturated heterocycles. The van der Waals surface area contributed by atoms with Gasteiger partial charge in [-0.2, -0.15) is 5.26 Å². The summed E-state index contributed by atoms with van der Waals surface area (Å²) in [5, 5.41) is 9.13. The van der Waals surface area contributed by atoms with Crippen molar-refractivity contribution in [2.75, 3.05) is 12.3 Å². The number of nitrogen functional groups attached to an aromatic ring is 1. The summed E-state index contributed by atoms with van der Waals surface area (Å²) in [4.78, 5) is 12.0. The number of anilines is 1. The van der Waals surface area contributed by atoms with E-state index in [-0.39, 0.29) is 0 Å². The highest BCUT2D eigenvalue weighted by Gasteiger charge is 2.32. The van der Waals surface area contributed by atoms with Crippen LogP contribution in [-0.4, -0.2) is 18.2 Å². The van der Waals surface area contributed by atoms with Gasteiger partial charge in [0.2, 0.25) is 0 Å². The molecule has 2 aromatic rings. The molecule has 0 spiro atoms. The first kappa shape index (κ1) is 20.1. The van der Waals surface area contributed by atoms with Gasteiger partial charge in [0.25, 0.3) is 0 Å². The summed E-state index contributed by atoms with van der Waals surface area (Å²) in [7, 11) is 0. The van der Waals surface area contributed by atoms with Gasteiger partial charge < -0.3 is 19.9 Å². The lowest BCUT2D eigenvalue weighted by atomic mass is 10.1. The molecule has 0 aliphatic heterocycles. The standard InChI is InChI=1S/C21H24N2O4/c1-6-25-20(24)21(4,5)27-18-8-7-16(9-13(18)2)26-19-11-15(12-22)17(23)10-14(19)3/h7-11H,6,23H2,1-5H3.